The normalized spacial score (nSPS) is 16.0. The molecule has 1 aromatic carbocycles. The molecule has 3 rings (SSSR count). The summed E-state index contributed by atoms with van der Waals surface area (Å²) in [7, 11) is 3.95. The minimum absolute atomic E-state index is 0.108. The van der Waals surface area contributed by atoms with E-state index in [1.807, 2.05) is 19.3 Å². The molecule has 1 aliphatic heterocycles. The van der Waals surface area contributed by atoms with Gasteiger partial charge in [0.2, 0.25) is 0 Å². The first-order valence-corrected chi connectivity index (χ1v) is 7.25. The zero-order chi connectivity index (χ0) is 15.7. The van der Waals surface area contributed by atoms with Crippen molar-refractivity contribution in [3.05, 3.63) is 40.7 Å². The molecule has 22 heavy (non-hydrogen) atoms. The standard InChI is InChI=1S/C15H19N5O2/c1-17-5-7-19(8-6-17)15-4-3-13(20(21)22)9-14(15)12-10-16-18(2)11-12/h3-4,9-11H,5-8H2,1-2H3. The zero-order valence-electron chi connectivity index (χ0n) is 12.8. The number of rotatable bonds is 3. The summed E-state index contributed by atoms with van der Waals surface area (Å²) in [5.41, 5.74) is 2.91. The van der Waals surface area contributed by atoms with E-state index in [1.54, 1.807) is 23.0 Å². The van der Waals surface area contributed by atoms with E-state index in [0.717, 1.165) is 43.0 Å². The highest BCUT2D eigenvalue weighted by Crippen LogP contribution is 2.34. The van der Waals surface area contributed by atoms with Crippen LogP contribution in [0.3, 0.4) is 0 Å². The number of hydrogen-bond acceptors (Lipinski definition) is 5. The van der Waals surface area contributed by atoms with E-state index in [1.165, 1.54) is 0 Å². The molecule has 116 valence electrons. The van der Waals surface area contributed by atoms with Gasteiger partial charge >= 0.3 is 0 Å². The molecule has 0 N–H and O–H groups in total. The highest BCUT2D eigenvalue weighted by Gasteiger charge is 2.20. The van der Waals surface area contributed by atoms with Crippen LogP contribution in [0.1, 0.15) is 0 Å². The van der Waals surface area contributed by atoms with Gasteiger partial charge in [-0.25, -0.2) is 0 Å². The highest BCUT2D eigenvalue weighted by molar-refractivity contribution is 5.80. The molecule has 0 aliphatic carbocycles. The van der Waals surface area contributed by atoms with E-state index in [9.17, 15) is 10.1 Å². The molecule has 7 nitrogen and oxygen atoms in total. The van der Waals surface area contributed by atoms with Gasteiger partial charge in [-0.2, -0.15) is 5.10 Å². The third-order valence-electron chi connectivity index (χ3n) is 4.05. The van der Waals surface area contributed by atoms with Crippen molar-refractivity contribution >= 4 is 11.4 Å². The van der Waals surface area contributed by atoms with Crippen LogP contribution in [0.5, 0.6) is 0 Å². The van der Waals surface area contributed by atoms with E-state index in [2.05, 4.69) is 21.9 Å². The Morgan fingerprint density at radius 2 is 1.91 bits per heavy atom. The van der Waals surface area contributed by atoms with Crippen LogP contribution in [0.4, 0.5) is 11.4 Å². The summed E-state index contributed by atoms with van der Waals surface area (Å²) < 4.78 is 1.71. The van der Waals surface area contributed by atoms with Crippen molar-refractivity contribution in [3.63, 3.8) is 0 Å². The number of anilines is 1. The minimum atomic E-state index is -0.354. The predicted molar refractivity (Wildman–Crippen MR) is 85.0 cm³/mol. The number of hydrogen-bond donors (Lipinski definition) is 0. The van der Waals surface area contributed by atoms with Crippen LogP contribution in [0.2, 0.25) is 0 Å². The summed E-state index contributed by atoms with van der Waals surface area (Å²) in [4.78, 5) is 15.3. The smallest absolute Gasteiger partial charge is 0.270 e. The van der Waals surface area contributed by atoms with E-state index in [0.29, 0.717) is 0 Å². The molecule has 0 spiro atoms. The molecule has 2 aromatic rings. The molecule has 1 saturated heterocycles. The van der Waals surface area contributed by atoms with E-state index >= 15 is 0 Å². The van der Waals surface area contributed by atoms with Crippen molar-refractivity contribution in [2.75, 3.05) is 38.1 Å². The van der Waals surface area contributed by atoms with Crippen LogP contribution >= 0.6 is 0 Å². The Balaban J connectivity index is 2.03. The summed E-state index contributed by atoms with van der Waals surface area (Å²) in [6.07, 6.45) is 3.64. The molecule has 0 atom stereocenters. The molecule has 0 radical (unpaired) electrons. The number of likely N-dealkylation sites (N-methyl/N-ethyl adjacent to an activating group) is 1. The summed E-state index contributed by atoms with van der Waals surface area (Å²) in [6, 6.07) is 5.07. The Morgan fingerprint density at radius 1 is 1.18 bits per heavy atom. The largest absolute Gasteiger partial charge is 0.368 e. The number of aryl methyl sites for hydroxylation is 1. The topological polar surface area (TPSA) is 67.4 Å². The van der Waals surface area contributed by atoms with Crippen LogP contribution in [0.15, 0.2) is 30.6 Å². The Hall–Kier alpha value is -2.41. The quantitative estimate of drug-likeness (QED) is 0.638. The van der Waals surface area contributed by atoms with Crippen molar-refractivity contribution in [2.24, 2.45) is 7.05 Å². The fourth-order valence-corrected chi connectivity index (χ4v) is 2.75. The summed E-state index contributed by atoms with van der Waals surface area (Å²) in [6.45, 7) is 3.82. The Labute approximate surface area is 128 Å². The second kappa shape index (κ2) is 5.76. The second-order valence-electron chi connectivity index (χ2n) is 5.65. The molecule has 0 unspecified atom stereocenters. The summed E-state index contributed by atoms with van der Waals surface area (Å²) in [5.74, 6) is 0. The van der Waals surface area contributed by atoms with Gasteiger partial charge in [0.25, 0.3) is 5.69 Å². The first-order chi connectivity index (χ1) is 10.5. The Morgan fingerprint density at radius 3 is 2.50 bits per heavy atom. The lowest BCUT2D eigenvalue weighted by Gasteiger charge is -2.35. The van der Waals surface area contributed by atoms with Gasteiger partial charge < -0.3 is 9.80 Å². The number of piperazine rings is 1. The fourth-order valence-electron chi connectivity index (χ4n) is 2.75. The maximum atomic E-state index is 11.1. The minimum Gasteiger partial charge on any atom is -0.368 e. The first-order valence-electron chi connectivity index (χ1n) is 7.25. The number of non-ortho nitro benzene ring substituents is 1. The van der Waals surface area contributed by atoms with Crippen molar-refractivity contribution < 1.29 is 4.92 Å². The molecule has 0 bridgehead atoms. The van der Waals surface area contributed by atoms with Crippen LogP contribution in [-0.4, -0.2) is 52.8 Å². The maximum Gasteiger partial charge on any atom is 0.270 e. The molecule has 7 heteroatoms. The van der Waals surface area contributed by atoms with Crippen molar-refractivity contribution in [3.8, 4) is 11.1 Å². The first kappa shape index (κ1) is 14.5. The SMILES string of the molecule is CN1CCN(c2ccc([N+](=O)[O-])cc2-c2cnn(C)c2)CC1. The monoisotopic (exact) mass is 301 g/mol. The van der Waals surface area contributed by atoms with Gasteiger partial charge in [0.1, 0.15) is 0 Å². The molecule has 0 saturated carbocycles. The molecular formula is C15H19N5O2. The zero-order valence-corrected chi connectivity index (χ0v) is 12.8. The molecule has 2 heterocycles. The highest BCUT2D eigenvalue weighted by atomic mass is 16.6. The van der Waals surface area contributed by atoms with Gasteiger partial charge in [0.05, 0.1) is 11.1 Å². The van der Waals surface area contributed by atoms with Gasteiger partial charge in [0.15, 0.2) is 0 Å². The maximum absolute atomic E-state index is 11.1. The average Bonchev–Trinajstić information content (AvgIpc) is 2.94. The lowest BCUT2D eigenvalue weighted by Crippen LogP contribution is -2.44. The van der Waals surface area contributed by atoms with Crippen LogP contribution < -0.4 is 4.90 Å². The lowest BCUT2D eigenvalue weighted by molar-refractivity contribution is -0.384. The molecule has 1 aromatic heterocycles. The Bertz CT molecular complexity index is 689. The number of aromatic nitrogens is 2. The molecule has 1 aliphatic rings. The third-order valence-corrected chi connectivity index (χ3v) is 4.05. The Kier molecular flexibility index (Phi) is 3.81. The predicted octanol–water partition coefficient (Wildman–Crippen LogP) is 1.75. The average molecular weight is 301 g/mol. The van der Waals surface area contributed by atoms with Crippen molar-refractivity contribution in [2.45, 2.75) is 0 Å². The number of nitro groups is 1. The van der Waals surface area contributed by atoms with Crippen molar-refractivity contribution in [1.29, 1.82) is 0 Å². The summed E-state index contributed by atoms with van der Waals surface area (Å²) >= 11 is 0. The number of benzene rings is 1. The van der Waals surface area contributed by atoms with E-state index in [4.69, 9.17) is 0 Å². The van der Waals surface area contributed by atoms with Crippen LogP contribution in [0, 0.1) is 10.1 Å². The number of nitro benzene ring substituents is 1. The van der Waals surface area contributed by atoms with E-state index in [-0.39, 0.29) is 10.6 Å². The van der Waals surface area contributed by atoms with E-state index < -0.39 is 0 Å². The summed E-state index contributed by atoms with van der Waals surface area (Å²) in [5, 5.41) is 15.3. The third kappa shape index (κ3) is 2.80. The molecule has 1 fully saturated rings. The van der Waals surface area contributed by atoms with Gasteiger partial charge in [-0.05, 0) is 13.1 Å². The van der Waals surface area contributed by atoms with Gasteiger partial charge in [-0.1, -0.05) is 0 Å². The van der Waals surface area contributed by atoms with Crippen LogP contribution in [-0.2, 0) is 7.05 Å². The lowest BCUT2D eigenvalue weighted by atomic mass is 10.0. The number of nitrogens with zero attached hydrogens (tertiary/aromatic N) is 5. The molecular weight excluding hydrogens is 282 g/mol. The molecule has 0 amide bonds. The second-order valence-corrected chi connectivity index (χ2v) is 5.65. The van der Waals surface area contributed by atoms with Gasteiger partial charge in [-0.3, -0.25) is 14.8 Å². The van der Waals surface area contributed by atoms with Gasteiger partial charge in [0, 0.05) is 68.4 Å². The van der Waals surface area contributed by atoms with Gasteiger partial charge in [-0.15, -0.1) is 0 Å². The fraction of sp³-hybridized carbons (Fsp3) is 0.400. The van der Waals surface area contributed by atoms with Crippen molar-refractivity contribution in [1.82, 2.24) is 14.7 Å². The van der Waals surface area contributed by atoms with Crippen LogP contribution in [0.25, 0.3) is 11.1 Å².